The Labute approximate surface area is 151 Å². The monoisotopic (exact) mass is 342 g/mol. The third-order valence-electron chi connectivity index (χ3n) is 4.88. The van der Waals surface area contributed by atoms with Crippen LogP contribution in [0.4, 0.5) is 5.82 Å². The van der Waals surface area contributed by atoms with E-state index in [2.05, 4.69) is 40.9 Å². The van der Waals surface area contributed by atoms with Crippen LogP contribution in [0, 0.1) is 0 Å². The molecule has 4 rings (SSSR count). The molecule has 3 aromatic rings. The minimum atomic E-state index is -0.450. The summed E-state index contributed by atoms with van der Waals surface area (Å²) in [6.45, 7) is 3.57. The highest BCUT2D eigenvalue weighted by atomic mass is 16.2. The summed E-state index contributed by atoms with van der Waals surface area (Å²) in [6, 6.07) is 14.2. The smallest absolute Gasteiger partial charge is 0.270 e. The number of fused-ring (bicyclic) bond motifs is 1. The summed E-state index contributed by atoms with van der Waals surface area (Å²) in [5.41, 5.74) is 9.32. The molecule has 2 aromatic heterocycles. The fourth-order valence-corrected chi connectivity index (χ4v) is 3.58. The molecule has 0 aliphatic heterocycles. The van der Waals surface area contributed by atoms with Gasteiger partial charge in [-0.3, -0.25) is 9.78 Å². The third-order valence-corrected chi connectivity index (χ3v) is 4.88. The van der Waals surface area contributed by atoms with Crippen LogP contribution >= 0.6 is 0 Å². The first-order valence-corrected chi connectivity index (χ1v) is 8.35. The molecule has 128 valence electrons. The standard InChI is InChI=1S/C21H18N4O/c1-2-19(26)25-18-13-21(15-7-4-3-5-8-15,16-9-6-12-23-14-16)11-10-17(18)20(22)24-25/h2-12,14H,1,13H2,(H2,22,24). The van der Waals surface area contributed by atoms with Crippen LogP contribution in [0.5, 0.6) is 0 Å². The molecule has 1 atom stereocenters. The summed E-state index contributed by atoms with van der Waals surface area (Å²) in [6.07, 6.45) is 9.50. The van der Waals surface area contributed by atoms with Crippen molar-refractivity contribution < 1.29 is 4.79 Å². The van der Waals surface area contributed by atoms with E-state index in [1.54, 1.807) is 6.20 Å². The summed E-state index contributed by atoms with van der Waals surface area (Å²) in [5.74, 6) is 0.0562. The number of pyridine rings is 1. The van der Waals surface area contributed by atoms with E-state index in [1.807, 2.05) is 36.5 Å². The zero-order valence-corrected chi connectivity index (χ0v) is 14.2. The van der Waals surface area contributed by atoms with Crippen molar-refractivity contribution in [3.05, 3.63) is 96.0 Å². The van der Waals surface area contributed by atoms with Crippen molar-refractivity contribution in [2.45, 2.75) is 11.8 Å². The van der Waals surface area contributed by atoms with Crippen LogP contribution in [0.2, 0.25) is 0 Å². The SMILES string of the molecule is C=CC(=O)n1nc(N)c2c1CC(c1ccccc1)(c1cccnc1)C=C2. The van der Waals surface area contributed by atoms with Crippen molar-refractivity contribution in [2.24, 2.45) is 0 Å². The molecule has 5 nitrogen and oxygen atoms in total. The maximum absolute atomic E-state index is 12.3. The Morgan fingerprint density at radius 1 is 1.19 bits per heavy atom. The number of rotatable bonds is 3. The summed E-state index contributed by atoms with van der Waals surface area (Å²) < 4.78 is 1.36. The molecule has 1 aliphatic carbocycles. The Hall–Kier alpha value is -3.47. The van der Waals surface area contributed by atoms with E-state index in [0.717, 1.165) is 22.4 Å². The minimum absolute atomic E-state index is 0.290. The number of hydrogen-bond donors (Lipinski definition) is 1. The van der Waals surface area contributed by atoms with Gasteiger partial charge in [-0.1, -0.05) is 55.1 Å². The van der Waals surface area contributed by atoms with Gasteiger partial charge in [-0.2, -0.15) is 4.68 Å². The third kappa shape index (κ3) is 2.37. The summed E-state index contributed by atoms with van der Waals surface area (Å²) in [4.78, 5) is 16.6. The van der Waals surface area contributed by atoms with Crippen LogP contribution in [0.25, 0.3) is 6.08 Å². The number of carbonyl (C=O) groups excluding carboxylic acids is 1. The molecule has 1 aromatic carbocycles. The molecule has 2 heterocycles. The second-order valence-corrected chi connectivity index (χ2v) is 6.29. The molecular weight excluding hydrogens is 324 g/mol. The van der Waals surface area contributed by atoms with Crippen molar-refractivity contribution in [2.75, 3.05) is 5.73 Å². The Morgan fingerprint density at radius 2 is 1.96 bits per heavy atom. The quantitative estimate of drug-likeness (QED) is 0.742. The number of hydrogen-bond acceptors (Lipinski definition) is 4. The Balaban J connectivity index is 1.95. The predicted molar refractivity (Wildman–Crippen MR) is 102 cm³/mol. The van der Waals surface area contributed by atoms with Crippen molar-refractivity contribution in [3.8, 4) is 0 Å². The molecule has 2 N–H and O–H groups in total. The zero-order chi connectivity index (χ0) is 18.1. The van der Waals surface area contributed by atoms with Gasteiger partial charge in [0.25, 0.3) is 5.91 Å². The number of nitrogens with zero attached hydrogens (tertiary/aromatic N) is 3. The lowest BCUT2D eigenvalue weighted by atomic mass is 9.69. The summed E-state index contributed by atoms with van der Waals surface area (Å²) in [7, 11) is 0. The number of allylic oxidation sites excluding steroid dienone is 2. The Morgan fingerprint density at radius 3 is 2.65 bits per heavy atom. The molecule has 1 unspecified atom stereocenters. The van der Waals surface area contributed by atoms with Crippen LogP contribution in [-0.4, -0.2) is 20.7 Å². The summed E-state index contributed by atoms with van der Waals surface area (Å²) >= 11 is 0. The number of benzene rings is 1. The first-order chi connectivity index (χ1) is 12.7. The molecular formula is C21H18N4O. The van der Waals surface area contributed by atoms with E-state index in [-0.39, 0.29) is 5.91 Å². The number of carbonyl (C=O) groups is 1. The second-order valence-electron chi connectivity index (χ2n) is 6.29. The summed E-state index contributed by atoms with van der Waals surface area (Å²) in [5, 5.41) is 4.22. The molecule has 0 saturated heterocycles. The lowest BCUT2D eigenvalue weighted by Crippen LogP contribution is -2.32. The topological polar surface area (TPSA) is 73.8 Å². The highest BCUT2D eigenvalue weighted by Gasteiger charge is 2.38. The van der Waals surface area contributed by atoms with Gasteiger partial charge >= 0.3 is 0 Å². The van der Waals surface area contributed by atoms with E-state index in [4.69, 9.17) is 5.73 Å². The molecule has 5 heteroatoms. The van der Waals surface area contributed by atoms with E-state index >= 15 is 0 Å². The molecule has 0 spiro atoms. The number of anilines is 1. The average molecular weight is 342 g/mol. The van der Waals surface area contributed by atoms with Gasteiger partial charge in [-0.15, -0.1) is 5.10 Å². The van der Waals surface area contributed by atoms with Crippen molar-refractivity contribution in [1.29, 1.82) is 0 Å². The highest BCUT2D eigenvalue weighted by Crippen LogP contribution is 2.42. The number of nitrogens with two attached hydrogens (primary N) is 1. The van der Waals surface area contributed by atoms with Crippen LogP contribution in [0.1, 0.15) is 27.2 Å². The van der Waals surface area contributed by atoms with Gasteiger partial charge < -0.3 is 5.73 Å². The average Bonchev–Trinajstić information content (AvgIpc) is 3.04. The number of aromatic nitrogens is 3. The van der Waals surface area contributed by atoms with Crippen molar-refractivity contribution in [3.63, 3.8) is 0 Å². The zero-order valence-electron chi connectivity index (χ0n) is 14.2. The highest BCUT2D eigenvalue weighted by molar-refractivity contribution is 5.90. The van der Waals surface area contributed by atoms with Crippen LogP contribution in [0.15, 0.2) is 73.6 Å². The largest absolute Gasteiger partial charge is 0.382 e. The van der Waals surface area contributed by atoms with E-state index in [0.29, 0.717) is 12.2 Å². The van der Waals surface area contributed by atoms with Gasteiger partial charge in [0.2, 0.25) is 0 Å². The van der Waals surface area contributed by atoms with Gasteiger partial charge in [0.15, 0.2) is 5.82 Å². The van der Waals surface area contributed by atoms with Gasteiger partial charge in [-0.05, 0) is 23.3 Å². The van der Waals surface area contributed by atoms with Gasteiger partial charge in [0, 0.05) is 29.8 Å². The molecule has 26 heavy (non-hydrogen) atoms. The van der Waals surface area contributed by atoms with Gasteiger partial charge in [0.1, 0.15) is 0 Å². The van der Waals surface area contributed by atoms with E-state index < -0.39 is 5.41 Å². The maximum atomic E-state index is 12.3. The van der Waals surface area contributed by atoms with E-state index in [1.165, 1.54) is 10.8 Å². The lowest BCUT2D eigenvalue weighted by molar-refractivity contribution is 0.0950. The molecule has 0 radical (unpaired) electrons. The normalized spacial score (nSPS) is 18.3. The van der Waals surface area contributed by atoms with E-state index in [9.17, 15) is 4.79 Å². The first kappa shape index (κ1) is 16.0. The molecule has 0 saturated carbocycles. The molecule has 0 fully saturated rings. The Bertz CT molecular complexity index is 964. The van der Waals surface area contributed by atoms with Gasteiger partial charge in [-0.25, -0.2) is 0 Å². The van der Waals surface area contributed by atoms with Crippen LogP contribution in [0.3, 0.4) is 0 Å². The fraction of sp³-hybridized carbons (Fsp3) is 0.0952. The fourth-order valence-electron chi connectivity index (χ4n) is 3.58. The predicted octanol–water partition coefficient (Wildman–Crippen LogP) is 3.24. The van der Waals surface area contributed by atoms with Crippen molar-refractivity contribution in [1.82, 2.24) is 14.8 Å². The maximum Gasteiger partial charge on any atom is 0.270 e. The Kier molecular flexibility index (Phi) is 3.77. The number of nitrogen functional groups attached to an aromatic ring is 1. The van der Waals surface area contributed by atoms with Crippen molar-refractivity contribution >= 4 is 17.8 Å². The second kappa shape index (κ2) is 6.11. The van der Waals surface area contributed by atoms with Gasteiger partial charge in [0.05, 0.1) is 5.69 Å². The molecule has 1 aliphatic rings. The lowest BCUT2D eigenvalue weighted by Gasteiger charge is -2.34. The van der Waals surface area contributed by atoms with Crippen LogP contribution in [-0.2, 0) is 11.8 Å². The minimum Gasteiger partial charge on any atom is -0.382 e. The van der Waals surface area contributed by atoms with Crippen LogP contribution < -0.4 is 5.73 Å². The first-order valence-electron chi connectivity index (χ1n) is 8.35. The molecule has 0 bridgehead atoms. The molecule has 0 amide bonds.